The van der Waals surface area contributed by atoms with E-state index in [9.17, 15) is 0 Å². The highest BCUT2D eigenvalue weighted by atomic mass is 16.5. The van der Waals surface area contributed by atoms with Crippen LogP contribution in [0.4, 0.5) is 0 Å². The molecule has 1 N–H and O–H groups in total. The summed E-state index contributed by atoms with van der Waals surface area (Å²) in [6.07, 6.45) is 8.18. The van der Waals surface area contributed by atoms with E-state index in [4.69, 9.17) is 4.74 Å². The number of pyridine rings is 1. The Morgan fingerprint density at radius 2 is 1.92 bits per heavy atom. The van der Waals surface area contributed by atoms with E-state index in [0.717, 1.165) is 31.1 Å². The fourth-order valence-corrected chi connectivity index (χ4v) is 3.50. The Labute approximate surface area is 154 Å². The van der Waals surface area contributed by atoms with Crippen LogP contribution in [0.15, 0.2) is 61.1 Å². The number of ether oxygens (including phenoxy) is 1. The molecule has 1 saturated heterocycles. The highest BCUT2D eigenvalue weighted by Crippen LogP contribution is 2.28. The lowest BCUT2D eigenvalue weighted by Crippen LogP contribution is -2.32. The molecule has 5 nitrogen and oxygen atoms in total. The van der Waals surface area contributed by atoms with Gasteiger partial charge < -0.3 is 4.74 Å². The molecule has 4 rings (SSSR count). The molecule has 134 valence electrons. The quantitative estimate of drug-likeness (QED) is 0.737. The van der Waals surface area contributed by atoms with Gasteiger partial charge in [-0.05, 0) is 67.2 Å². The van der Waals surface area contributed by atoms with Crippen LogP contribution in [0.3, 0.4) is 0 Å². The Bertz CT molecular complexity index is 779. The maximum absolute atomic E-state index is 5.81. The number of likely N-dealkylation sites (tertiary alicyclic amines) is 1. The van der Waals surface area contributed by atoms with Gasteiger partial charge in [-0.25, -0.2) is 0 Å². The lowest BCUT2D eigenvalue weighted by Gasteiger charge is -2.31. The molecule has 0 saturated carbocycles. The van der Waals surface area contributed by atoms with Crippen molar-refractivity contribution in [1.29, 1.82) is 0 Å². The number of aromatic amines is 1. The standard InChI is InChI=1S/C21H24N4O/c1-2-10-22-20(3-1)16-26-21-6-4-17(5-7-21)15-25-11-8-18(9-12-25)19-13-23-24-14-19/h1-7,10,13-14,18H,8-9,11-12,15-16H2,(H,23,24). The summed E-state index contributed by atoms with van der Waals surface area (Å²) in [4.78, 5) is 6.80. The molecular formula is C21H24N4O. The van der Waals surface area contributed by atoms with Crippen molar-refractivity contribution < 1.29 is 4.74 Å². The molecule has 1 aliphatic heterocycles. The zero-order valence-corrected chi connectivity index (χ0v) is 14.8. The van der Waals surface area contributed by atoms with Crippen LogP contribution in [0.5, 0.6) is 5.75 Å². The Kier molecular flexibility index (Phi) is 5.26. The van der Waals surface area contributed by atoms with E-state index in [1.54, 1.807) is 6.20 Å². The SMILES string of the molecule is c1ccc(COc2ccc(CN3CCC(c4cn[nH]c4)CC3)cc2)nc1. The van der Waals surface area contributed by atoms with Crippen molar-refractivity contribution in [2.24, 2.45) is 0 Å². The first-order valence-electron chi connectivity index (χ1n) is 9.19. The first-order valence-corrected chi connectivity index (χ1v) is 9.19. The van der Waals surface area contributed by atoms with Gasteiger partial charge in [-0.2, -0.15) is 5.10 Å². The molecule has 1 aliphatic rings. The molecule has 2 aromatic heterocycles. The smallest absolute Gasteiger partial charge is 0.130 e. The van der Waals surface area contributed by atoms with E-state index in [0.29, 0.717) is 12.5 Å². The molecule has 0 bridgehead atoms. The van der Waals surface area contributed by atoms with E-state index < -0.39 is 0 Å². The van der Waals surface area contributed by atoms with Gasteiger partial charge in [0.15, 0.2) is 0 Å². The summed E-state index contributed by atoms with van der Waals surface area (Å²) < 4.78 is 5.81. The Hall–Kier alpha value is -2.66. The minimum atomic E-state index is 0.502. The van der Waals surface area contributed by atoms with Crippen molar-refractivity contribution in [3.8, 4) is 5.75 Å². The second-order valence-corrected chi connectivity index (χ2v) is 6.84. The second-order valence-electron chi connectivity index (χ2n) is 6.84. The van der Waals surface area contributed by atoms with Gasteiger partial charge in [-0.15, -0.1) is 0 Å². The van der Waals surface area contributed by atoms with Crippen molar-refractivity contribution in [2.75, 3.05) is 13.1 Å². The molecule has 0 amide bonds. The number of hydrogen-bond acceptors (Lipinski definition) is 4. The highest BCUT2D eigenvalue weighted by molar-refractivity contribution is 5.27. The van der Waals surface area contributed by atoms with Gasteiger partial charge in [0.25, 0.3) is 0 Å². The third-order valence-corrected chi connectivity index (χ3v) is 5.02. The van der Waals surface area contributed by atoms with E-state index in [2.05, 4.69) is 44.3 Å². The lowest BCUT2D eigenvalue weighted by atomic mass is 9.91. The van der Waals surface area contributed by atoms with Crippen LogP contribution in [-0.4, -0.2) is 33.2 Å². The van der Waals surface area contributed by atoms with Crippen LogP contribution < -0.4 is 4.74 Å². The monoisotopic (exact) mass is 348 g/mol. The van der Waals surface area contributed by atoms with Crippen molar-refractivity contribution in [1.82, 2.24) is 20.1 Å². The molecule has 1 fully saturated rings. The maximum atomic E-state index is 5.81. The average molecular weight is 348 g/mol. The summed E-state index contributed by atoms with van der Waals surface area (Å²) in [6.45, 7) is 3.77. The first-order chi connectivity index (χ1) is 12.9. The highest BCUT2D eigenvalue weighted by Gasteiger charge is 2.21. The summed E-state index contributed by atoms with van der Waals surface area (Å²) in [5.41, 5.74) is 3.62. The van der Waals surface area contributed by atoms with Gasteiger partial charge in [-0.3, -0.25) is 15.0 Å². The molecule has 0 atom stereocenters. The van der Waals surface area contributed by atoms with Gasteiger partial charge in [-0.1, -0.05) is 18.2 Å². The minimum Gasteiger partial charge on any atom is -0.487 e. The van der Waals surface area contributed by atoms with Crippen LogP contribution in [0, 0.1) is 0 Å². The number of piperidine rings is 1. The first kappa shape index (κ1) is 16.8. The summed E-state index contributed by atoms with van der Waals surface area (Å²) in [7, 11) is 0. The minimum absolute atomic E-state index is 0.502. The summed E-state index contributed by atoms with van der Waals surface area (Å²) in [5, 5.41) is 7.00. The number of rotatable bonds is 6. The second kappa shape index (κ2) is 8.15. The number of H-pyrrole nitrogens is 1. The third-order valence-electron chi connectivity index (χ3n) is 5.02. The van der Waals surface area contributed by atoms with Gasteiger partial charge in [0.05, 0.1) is 11.9 Å². The number of nitrogens with one attached hydrogen (secondary N) is 1. The molecule has 0 spiro atoms. The average Bonchev–Trinajstić information content (AvgIpc) is 3.24. The van der Waals surface area contributed by atoms with Crippen LogP contribution in [0.2, 0.25) is 0 Å². The van der Waals surface area contributed by atoms with E-state index in [-0.39, 0.29) is 0 Å². The molecule has 26 heavy (non-hydrogen) atoms. The zero-order valence-electron chi connectivity index (χ0n) is 14.8. The van der Waals surface area contributed by atoms with Crippen molar-refractivity contribution in [2.45, 2.75) is 31.9 Å². The van der Waals surface area contributed by atoms with Crippen molar-refractivity contribution in [3.63, 3.8) is 0 Å². The molecule has 0 unspecified atom stereocenters. The van der Waals surface area contributed by atoms with Gasteiger partial charge in [0.1, 0.15) is 12.4 Å². The predicted octanol–water partition coefficient (Wildman–Crippen LogP) is 3.76. The normalized spacial score (nSPS) is 15.8. The van der Waals surface area contributed by atoms with Crippen LogP contribution in [0.25, 0.3) is 0 Å². The molecular weight excluding hydrogens is 324 g/mol. The Balaban J connectivity index is 1.25. The molecule has 3 heterocycles. The fraction of sp³-hybridized carbons (Fsp3) is 0.333. The largest absolute Gasteiger partial charge is 0.487 e. The summed E-state index contributed by atoms with van der Waals surface area (Å²) in [5.74, 6) is 1.53. The Morgan fingerprint density at radius 3 is 2.62 bits per heavy atom. The Morgan fingerprint density at radius 1 is 1.08 bits per heavy atom. The van der Waals surface area contributed by atoms with Crippen LogP contribution >= 0.6 is 0 Å². The molecule has 0 radical (unpaired) electrons. The topological polar surface area (TPSA) is 54.0 Å². The summed E-state index contributed by atoms with van der Waals surface area (Å²) in [6, 6.07) is 14.3. The van der Waals surface area contributed by atoms with Gasteiger partial charge >= 0.3 is 0 Å². The third kappa shape index (κ3) is 4.29. The number of aromatic nitrogens is 3. The molecule has 0 aliphatic carbocycles. The number of benzene rings is 1. The van der Waals surface area contributed by atoms with E-state index in [1.165, 1.54) is 24.0 Å². The molecule has 1 aromatic carbocycles. The van der Waals surface area contributed by atoms with Gasteiger partial charge in [0, 0.05) is 18.9 Å². The maximum Gasteiger partial charge on any atom is 0.130 e. The van der Waals surface area contributed by atoms with Crippen LogP contribution in [0.1, 0.15) is 35.6 Å². The number of hydrogen-bond donors (Lipinski definition) is 1. The zero-order chi connectivity index (χ0) is 17.6. The lowest BCUT2D eigenvalue weighted by molar-refractivity contribution is 0.204. The number of nitrogens with zero attached hydrogens (tertiary/aromatic N) is 3. The van der Waals surface area contributed by atoms with Crippen molar-refractivity contribution in [3.05, 3.63) is 77.9 Å². The summed E-state index contributed by atoms with van der Waals surface area (Å²) >= 11 is 0. The van der Waals surface area contributed by atoms with Crippen molar-refractivity contribution >= 4 is 0 Å². The molecule has 5 heteroatoms. The van der Waals surface area contributed by atoms with E-state index >= 15 is 0 Å². The van der Waals surface area contributed by atoms with Gasteiger partial charge in [0.2, 0.25) is 0 Å². The van der Waals surface area contributed by atoms with E-state index in [1.807, 2.05) is 30.6 Å². The molecule has 3 aromatic rings. The van der Waals surface area contributed by atoms with Crippen LogP contribution in [-0.2, 0) is 13.2 Å². The fourth-order valence-electron chi connectivity index (χ4n) is 3.50. The predicted molar refractivity (Wildman–Crippen MR) is 101 cm³/mol.